The first-order valence-electron chi connectivity index (χ1n) is 6.68. The molecule has 96 valence electrons. The van der Waals surface area contributed by atoms with Crippen LogP contribution < -0.4 is 5.73 Å². The van der Waals surface area contributed by atoms with E-state index in [1.165, 1.54) is 32.1 Å². The van der Waals surface area contributed by atoms with Gasteiger partial charge in [-0.3, -0.25) is 0 Å². The van der Waals surface area contributed by atoms with Crippen molar-refractivity contribution in [3.8, 4) is 0 Å². The fraction of sp³-hybridized carbons (Fsp3) is 0.714. The van der Waals surface area contributed by atoms with Crippen molar-refractivity contribution in [2.75, 3.05) is 6.61 Å². The predicted molar refractivity (Wildman–Crippen MR) is 67.6 cm³/mol. The largest absolute Gasteiger partial charge is 0.467 e. The molecule has 0 saturated heterocycles. The van der Waals surface area contributed by atoms with Crippen molar-refractivity contribution in [3.63, 3.8) is 0 Å². The first-order valence-corrected chi connectivity index (χ1v) is 6.68. The number of nitrogens with two attached hydrogens (primary N) is 1. The maximum absolute atomic E-state index is 5.97. The molecule has 0 aromatic carbocycles. The summed E-state index contributed by atoms with van der Waals surface area (Å²) in [5.41, 5.74) is 5.96. The third-order valence-electron chi connectivity index (χ3n) is 3.54. The number of ether oxygens (including phenoxy) is 1. The van der Waals surface area contributed by atoms with Gasteiger partial charge >= 0.3 is 0 Å². The summed E-state index contributed by atoms with van der Waals surface area (Å²) in [6.45, 7) is 2.78. The van der Waals surface area contributed by atoms with Crippen molar-refractivity contribution >= 4 is 0 Å². The van der Waals surface area contributed by atoms with Gasteiger partial charge in [0.2, 0.25) is 0 Å². The lowest BCUT2D eigenvalue weighted by Crippen LogP contribution is -2.28. The van der Waals surface area contributed by atoms with Crippen LogP contribution in [0.1, 0.15) is 50.9 Å². The topological polar surface area (TPSA) is 48.4 Å². The highest BCUT2D eigenvalue weighted by Gasteiger charge is 2.22. The maximum Gasteiger partial charge on any atom is 0.134 e. The molecule has 2 rings (SSSR count). The van der Waals surface area contributed by atoms with Gasteiger partial charge in [-0.1, -0.05) is 19.3 Å². The standard InChI is InChI=1S/C14H23NO2/c1-11(15)14(13-8-5-9-16-13)17-10-12-6-3-2-4-7-12/h5,8-9,11-12,14H,2-4,6-7,10,15H2,1H3. The fourth-order valence-electron chi connectivity index (χ4n) is 2.54. The second kappa shape index (κ2) is 6.22. The van der Waals surface area contributed by atoms with Gasteiger partial charge < -0.3 is 14.9 Å². The van der Waals surface area contributed by atoms with Gasteiger partial charge in [0.15, 0.2) is 0 Å². The second-order valence-corrected chi connectivity index (χ2v) is 5.13. The van der Waals surface area contributed by atoms with Crippen LogP contribution in [0.5, 0.6) is 0 Å². The number of furan rings is 1. The zero-order valence-electron chi connectivity index (χ0n) is 10.6. The zero-order chi connectivity index (χ0) is 12.1. The third-order valence-corrected chi connectivity index (χ3v) is 3.54. The van der Waals surface area contributed by atoms with E-state index >= 15 is 0 Å². The van der Waals surface area contributed by atoms with E-state index in [1.54, 1.807) is 6.26 Å². The Kier molecular flexibility index (Phi) is 4.63. The Bertz CT molecular complexity index is 302. The summed E-state index contributed by atoms with van der Waals surface area (Å²) >= 11 is 0. The van der Waals surface area contributed by atoms with Crippen LogP contribution in [-0.4, -0.2) is 12.6 Å². The molecule has 1 aliphatic carbocycles. The SMILES string of the molecule is CC(N)C(OCC1CCCCC1)c1ccco1. The molecule has 1 aromatic heterocycles. The molecule has 2 atom stereocenters. The number of hydrogen-bond acceptors (Lipinski definition) is 3. The Morgan fingerprint density at radius 2 is 2.18 bits per heavy atom. The summed E-state index contributed by atoms with van der Waals surface area (Å²) in [4.78, 5) is 0. The first-order chi connectivity index (χ1) is 8.27. The Balaban J connectivity index is 1.85. The van der Waals surface area contributed by atoms with Crippen LogP contribution in [-0.2, 0) is 4.74 Å². The molecule has 3 nitrogen and oxygen atoms in total. The van der Waals surface area contributed by atoms with Gasteiger partial charge in [0.1, 0.15) is 11.9 Å². The molecule has 1 aliphatic rings. The Labute approximate surface area is 103 Å². The van der Waals surface area contributed by atoms with Crippen LogP contribution in [0.3, 0.4) is 0 Å². The van der Waals surface area contributed by atoms with E-state index in [4.69, 9.17) is 14.9 Å². The monoisotopic (exact) mass is 237 g/mol. The predicted octanol–water partition coefficient (Wildman–Crippen LogP) is 3.26. The maximum atomic E-state index is 5.97. The molecule has 0 radical (unpaired) electrons. The highest BCUT2D eigenvalue weighted by Crippen LogP contribution is 2.27. The van der Waals surface area contributed by atoms with Crippen LogP contribution in [0.25, 0.3) is 0 Å². The number of hydrogen-bond donors (Lipinski definition) is 1. The van der Waals surface area contributed by atoms with Gasteiger partial charge in [-0.2, -0.15) is 0 Å². The molecule has 2 N–H and O–H groups in total. The molecule has 2 unspecified atom stereocenters. The van der Waals surface area contributed by atoms with Crippen molar-refractivity contribution in [2.45, 2.75) is 51.2 Å². The zero-order valence-corrected chi connectivity index (χ0v) is 10.6. The van der Waals surface area contributed by atoms with Crippen LogP contribution in [0.15, 0.2) is 22.8 Å². The summed E-state index contributed by atoms with van der Waals surface area (Å²) in [5.74, 6) is 1.55. The Hall–Kier alpha value is -0.800. The molecule has 1 aromatic rings. The van der Waals surface area contributed by atoms with Gasteiger partial charge in [-0.15, -0.1) is 0 Å². The minimum atomic E-state index is -0.105. The molecular weight excluding hydrogens is 214 g/mol. The molecule has 1 saturated carbocycles. The Morgan fingerprint density at radius 1 is 1.41 bits per heavy atom. The van der Waals surface area contributed by atoms with Crippen molar-refractivity contribution in [2.24, 2.45) is 11.7 Å². The third kappa shape index (κ3) is 3.58. The minimum absolute atomic E-state index is 0.0373. The molecule has 1 heterocycles. The van der Waals surface area contributed by atoms with E-state index in [2.05, 4.69) is 0 Å². The molecule has 1 fully saturated rings. The fourth-order valence-corrected chi connectivity index (χ4v) is 2.54. The normalized spacial score (nSPS) is 21.3. The molecule has 0 spiro atoms. The average Bonchev–Trinajstić information content (AvgIpc) is 2.84. The lowest BCUT2D eigenvalue weighted by atomic mass is 9.90. The van der Waals surface area contributed by atoms with Gasteiger partial charge in [0, 0.05) is 6.04 Å². The molecule has 0 aliphatic heterocycles. The first kappa shape index (κ1) is 12.7. The van der Waals surface area contributed by atoms with E-state index in [1.807, 2.05) is 19.1 Å². The van der Waals surface area contributed by atoms with Crippen LogP contribution in [0.2, 0.25) is 0 Å². The summed E-state index contributed by atoms with van der Waals surface area (Å²) in [6, 6.07) is 3.79. The highest BCUT2D eigenvalue weighted by molar-refractivity contribution is 5.04. The lowest BCUT2D eigenvalue weighted by molar-refractivity contribution is -0.00340. The van der Waals surface area contributed by atoms with E-state index in [0.29, 0.717) is 5.92 Å². The summed E-state index contributed by atoms with van der Waals surface area (Å²) in [6.07, 6.45) is 8.23. The van der Waals surface area contributed by atoms with Crippen molar-refractivity contribution in [1.29, 1.82) is 0 Å². The minimum Gasteiger partial charge on any atom is -0.467 e. The van der Waals surface area contributed by atoms with E-state index in [-0.39, 0.29) is 12.1 Å². The van der Waals surface area contributed by atoms with Gasteiger partial charge in [-0.05, 0) is 37.8 Å². The summed E-state index contributed by atoms with van der Waals surface area (Å²) in [5, 5.41) is 0. The van der Waals surface area contributed by atoms with E-state index < -0.39 is 0 Å². The smallest absolute Gasteiger partial charge is 0.134 e. The van der Waals surface area contributed by atoms with Crippen molar-refractivity contribution in [3.05, 3.63) is 24.2 Å². The van der Waals surface area contributed by atoms with Gasteiger partial charge in [0.25, 0.3) is 0 Å². The quantitative estimate of drug-likeness (QED) is 0.855. The van der Waals surface area contributed by atoms with Crippen molar-refractivity contribution < 1.29 is 9.15 Å². The lowest BCUT2D eigenvalue weighted by Gasteiger charge is -2.25. The van der Waals surface area contributed by atoms with Crippen LogP contribution >= 0.6 is 0 Å². The average molecular weight is 237 g/mol. The summed E-state index contributed by atoms with van der Waals surface area (Å²) in [7, 11) is 0. The van der Waals surface area contributed by atoms with Gasteiger partial charge in [-0.25, -0.2) is 0 Å². The van der Waals surface area contributed by atoms with Crippen LogP contribution in [0.4, 0.5) is 0 Å². The van der Waals surface area contributed by atoms with Gasteiger partial charge in [0.05, 0.1) is 12.9 Å². The second-order valence-electron chi connectivity index (χ2n) is 5.13. The molecular formula is C14H23NO2. The van der Waals surface area contributed by atoms with E-state index in [9.17, 15) is 0 Å². The molecule has 0 bridgehead atoms. The Morgan fingerprint density at radius 3 is 2.76 bits per heavy atom. The van der Waals surface area contributed by atoms with E-state index in [0.717, 1.165) is 12.4 Å². The molecule has 0 amide bonds. The van der Waals surface area contributed by atoms with Crippen molar-refractivity contribution in [1.82, 2.24) is 0 Å². The van der Waals surface area contributed by atoms with Crippen LogP contribution in [0, 0.1) is 5.92 Å². The highest BCUT2D eigenvalue weighted by atomic mass is 16.5. The summed E-state index contributed by atoms with van der Waals surface area (Å²) < 4.78 is 11.4. The molecule has 3 heteroatoms. The number of rotatable bonds is 5. The molecule has 17 heavy (non-hydrogen) atoms.